The summed E-state index contributed by atoms with van der Waals surface area (Å²) in [5.41, 5.74) is 4.83. The van der Waals surface area contributed by atoms with Gasteiger partial charge in [0, 0.05) is 55.8 Å². The predicted octanol–water partition coefficient (Wildman–Crippen LogP) is 5.58. The van der Waals surface area contributed by atoms with Crippen LogP contribution in [-0.2, 0) is 14.3 Å². The maximum absolute atomic E-state index is 13.1. The number of hydrazine groups is 1. The van der Waals surface area contributed by atoms with Crippen LogP contribution >= 0.6 is 10.2 Å². The van der Waals surface area contributed by atoms with Gasteiger partial charge in [-0.3, -0.25) is 24.4 Å². The molecule has 12 nitrogen and oxygen atoms in total. The van der Waals surface area contributed by atoms with Crippen molar-refractivity contribution in [2.45, 2.75) is 37.0 Å². The van der Waals surface area contributed by atoms with E-state index in [1.807, 2.05) is 6.08 Å². The molecule has 272 valence electrons. The molecule has 1 saturated heterocycles. The molecule has 1 fully saturated rings. The Labute approximate surface area is 285 Å². The summed E-state index contributed by atoms with van der Waals surface area (Å²) >= 11 is 0. The highest BCUT2D eigenvalue weighted by atomic mass is 32.5. The second-order valence-electron chi connectivity index (χ2n) is 12.5. The number of ether oxygens (including phenoxy) is 1. The number of likely N-dealkylation sites (tertiary alicyclic amines) is 1. The van der Waals surface area contributed by atoms with Crippen molar-refractivity contribution in [3.8, 4) is 5.75 Å². The van der Waals surface area contributed by atoms with Crippen LogP contribution in [0.2, 0.25) is 0 Å². The second-order valence-corrected chi connectivity index (χ2v) is 14.9. The first-order valence-electron chi connectivity index (χ1n) is 15.7. The van der Waals surface area contributed by atoms with E-state index in [2.05, 4.69) is 20.8 Å². The van der Waals surface area contributed by atoms with E-state index in [0.29, 0.717) is 75.5 Å². The molecule has 1 spiro atoms. The first-order valence-corrected chi connectivity index (χ1v) is 17.7. The molecule has 18 heteroatoms. The van der Waals surface area contributed by atoms with Crippen molar-refractivity contribution in [1.29, 1.82) is 0 Å². The molecule has 50 heavy (non-hydrogen) atoms. The number of halogens is 5. The zero-order valence-corrected chi connectivity index (χ0v) is 28.2. The molecule has 5 rings (SSSR count). The number of hydrogen-bond donors (Lipinski definition) is 3. The number of allylic oxidation sites excluding steroid dienone is 2. The van der Waals surface area contributed by atoms with E-state index < -0.39 is 26.4 Å². The number of carbonyl (C=O) groups is 3. The number of amidine groups is 1. The lowest BCUT2D eigenvalue weighted by atomic mass is 9.73. The molecule has 1 aliphatic carbocycles. The predicted molar refractivity (Wildman–Crippen MR) is 177 cm³/mol. The van der Waals surface area contributed by atoms with Crippen LogP contribution in [0.1, 0.15) is 42.6 Å². The number of benzene rings is 1. The quantitative estimate of drug-likeness (QED) is 0.0941. The average Bonchev–Trinajstić information content (AvgIpc) is 3.38. The number of likely N-dealkylation sites (N-methyl/N-ethyl adjacent to an activating group) is 2. The summed E-state index contributed by atoms with van der Waals surface area (Å²) < 4.78 is 70.7. The molecule has 2 aromatic rings. The Balaban J connectivity index is 1.27. The molecule has 0 saturated carbocycles. The van der Waals surface area contributed by atoms with Gasteiger partial charge in [0.2, 0.25) is 5.91 Å². The van der Waals surface area contributed by atoms with Crippen LogP contribution in [-0.4, -0.2) is 95.9 Å². The summed E-state index contributed by atoms with van der Waals surface area (Å²) in [5, 5.41) is 20.0. The van der Waals surface area contributed by atoms with Gasteiger partial charge in [-0.1, -0.05) is 25.5 Å². The van der Waals surface area contributed by atoms with Crippen LogP contribution < -0.4 is 10.7 Å². The largest absolute Gasteiger partial charge is 0.505 e. The molecule has 3 aliphatic rings. The van der Waals surface area contributed by atoms with Gasteiger partial charge in [-0.05, 0) is 74.1 Å². The number of hydrazone groups is 1. The molecule has 2 aliphatic heterocycles. The van der Waals surface area contributed by atoms with Gasteiger partial charge < -0.3 is 25.5 Å². The van der Waals surface area contributed by atoms with Crippen LogP contribution in [0.5, 0.6) is 5.75 Å². The Morgan fingerprint density at radius 1 is 1.08 bits per heavy atom. The third-order valence-corrected chi connectivity index (χ3v) is 10.1. The van der Waals surface area contributed by atoms with Crippen molar-refractivity contribution >= 4 is 39.8 Å². The topological polar surface area (TPSA) is 140 Å². The Morgan fingerprint density at radius 3 is 2.38 bits per heavy atom. The van der Waals surface area contributed by atoms with Crippen LogP contribution in [0.25, 0.3) is 0 Å². The van der Waals surface area contributed by atoms with Gasteiger partial charge in [-0.2, -0.15) is 5.10 Å². The fourth-order valence-electron chi connectivity index (χ4n) is 6.37. The maximum atomic E-state index is 13.1. The summed E-state index contributed by atoms with van der Waals surface area (Å²) in [6.45, 7) is 1.18. The second kappa shape index (κ2) is 13.2. The van der Waals surface area contributed by atoms with Gasteiger partial charge in [0.25, 0.3) is 5.91 Å². The lowest BCUT2D eigenvalue weighted by molar-refractivity contribution is -0.117. The Kier molecular flexibility index (Phi) is 9.66. The summed E-state index contributed by atoms with van der Waals surface area (Å²) in [6, 6.07) is 4.90. The first-order chi connectivity index (χ1) is 23.4. The molecular formula is C32H38F5N7O5S. The molecule has 1 aromatic carbocycles. The van der Waals surface area contributed by atoms with Gasteiger partial charge in [0.1, 0.15) is 23.5 Å². The molecular weight excluding hydrogens is 689 g/mol. The normalized spacial score (nSPS) is 19.3. The third-order valence-electron chi connectivity index (χ3n) is 8.96. The van der Waals surface area contributed by atoms with Crippen LogP contribution in [0.3, 0.4) is 0 Å². The van der Waals surface area contributed by atoms with Crippen molar-refractivity contribution in [3.63, 3.8) is 0 Å². The number of carbonyl (C=O) groups excluding carboxylic acids is 3. The van der Waals surface area contributed by atoms with E-state index in [1.165, 1.54) is 30.4 Å². The minimum atomic E-state index is -9.84. The number of nitrogens with one attached hydrogen (secondary N) is 2. The highest BCUT2D eigenvalue weighted by Crippen LogP contribution is 3.02. The van der Waals surface area contributed by atoms with E-state index in [-0.39, 0.29) is 41.7 Å². The number of aromatic hydroxyl groups is 1. The van der Waals surface area contributed by atoms with E-state index in [9.17, 15) is 38.9 Å². The summed E-state index contributed by atoms with van der Waals surface area (Å²) in [5.74, 6) is -0.795. The monoisotopic (exact) mass is 727 g/mol. The first kappa shape index (κ1) is 36.6. The molecule has 0 atom stereocenters. The van der Waals surface area contributed by atoms with Crippen molar-refractivity contribution in [2.75, 3.05) is 52.3 Å². The minimum Gasteiger partial charge on any atom is -0.505 e. The lowest BCUT2D eigenvalue weighted by Gasteiger charge is -2.40. The van der Waals surface area contributed by atoms with E-state index in [4.69, 9.17) is 4.74 Å². The average molecular weight is 728 g/mol. The van der Waals surface area contributed by atoms with Gasteiger partial charge in [0.05, 0.1) is 13.2 Å². The summed E-state index contributed by atoms with van der Waals surface area (Å²) in [7, 11) is -6.61. The Morgan fingerprint density at radius 2 is 1.78 bits per heavy atom. The molecule has 2 amide bonds. The van der Waals surface area contributed by atoms with Crippen LogP contribution in [0.4, 0.5) is 25.1 Å². The van der Waals surface area contributed by atoms with Crippen molar-refractivity contribution < 1.29 is 43.7 Å². The lowest BCUT2D eigenvalue weighted by Crippen LogP contribution is -2.44. The Hall–Kier alpha value is -4.71. The van der Waals surface area contributed by atoms with Gasteiger partial charge in [-0.25, -0.2) is 4.98 Å². The standard InChI is InChI=1S/C32H38F5N7O5S/c1-42(20-28(47)39-23-5-7-24(8-6-23)50(33,34,35,36)37)41-30(22-10-18-49-19-11-22)43(2)40-26-9-12-32(25(26)21-45)13-16-44(17-14-32)31(48)29-27(46)4-3-15-38-29/h3-8,10,15,21,40,46H,9,11-14,16-20H2,1-2H3,(H,39,47)/b41-30-. The Bertz CT molecular complexity index is 1750. The zero-order valence-electron chi connectivity index (χ0n) is 27.4. The number of aldehydes is 1. The summed E-state index contributed by atoms with van der Waals surface area (Å²) in [6.07, 6.45) is 6.95. The van der Waals surface area contributed by atoms with Crippen LogP contribution in [0, 0.1) is 5.41 Å². The van der Waals surface area contributed by atoms with Gasteiger partial charge in [-0.15, -0.1) is 0 Å². The fraction of sp³-hybridized carbons (Fsp3) is 0.406. The van der Waals surface area contributed by atoms with E-state index in [0.717, 1.165) is 24.0 Å². The SMILES string of the molecule is CN(CC(=O)Nc1ccc(S(F)(F)(F)(F)F)cc1)/N=C(/C1=CCOCC1)N(C)NC1=C(C=O)C2(CC1)CCN(C(=O)c1ncccc1O)CC2. The number of pyridine rings is 1. The van der Waals surface area contributed by atoms with Gasteiger partial charge in [0.15, 0.2) is 11.5 Å². The molecule has 0 radical (unpaired) electrons. The smallest absolute Gasteiger partial charge is 0.310 e. The van der Waals surface area contributed by atoms with E-state index >= 15 is 0 Å². The number of anilines is 1. The van der Waals surface area contributed by atoms with Gasteiger partial charge >= 0.3 is 10.2 Å². The molecule has 0 bridgehead atoms. The van der Waals surface area contributed by atoms with Crippen molar-refractivity contribution in [3.05, 3.63) is 71.2 Å². The summed E-state index contributed by atoms with van der Waals surface area (Å²) in [4.78, 5) is 41.8. The molecule has 3 heterocycles. The fourth-order valence-corrected chi connectivity index (χ4v) is 7.02. The molecule has 3 N–H and O–H groups in total. The van der Waals surface area contributed by atoms with E-state index in [1.54, 1.807) is 17.0 Å². The zero-order chi connectivity index (χ0) is 36.4. The van der Waals surface area contributed by atoms with Crippen molar-refractivity contribution in [1.82, 2.24) is 25.3 Å². The molecule has 0 unspecified atom stereocenters. The third kappa shape index (κ3) is 8.35. The number of hydrogen-bond acceptors (Lipinski definition) is 9. The number of amides is 2. The number of aromatic nitrogens is 1. The molecule has 1 aromatic heterocycles. The maximum Gasteiger partial charge on any atom is 0.310 e. The minimum absolute atomic E-state index is 0.0189. The highest BCUT2D eigenvalue weighted by molar-refractivity contribution is 8.45. The highest BCUT2D eigenvalue weighted by Gasteiger charge is 2.65. The van der Waals surface area contributed by atoms with Crippen LogP contribution in [0.15, 0.2) is 75.5 Å². The number of piperidine rings is 1. The number of rotatable bonds is 10. The van der Waals surface area contributed by atoms with Crippen molar-refractivity contribution in [2.24, 2.45) is 10.5 Å². The number of nitrogens with zero attached hydrogens (tertiary/aromatic N) is 5.